The summed E-state index contributed by atoms with van der Waals surface area (Å²) >= 11 is 0. The van der Waals surface area contributed by atoms with Crippen molar-refractivity contribution in [2.45, 2.75) is 0 Å². The van der Waals surface area contributed by atoms with Gasteiger partial charge >= 0.3 is 0 Å². The standard InChI is InChI=1S/C27H25F2N7O/c1-3-24(37)32-18-8-9-30-23(14-18)25-20(28)6-4-17-16-31-27(34-26(17)25)33-22-7-5-19(15-21(22)29)36-12-10-35(2)11-13-36/h3-9,14-16H,1,10-13H2,2H3,(H,30,32,37)(H,31,33,34). The molecule has 0 saturated carbocycles. The van der Waals surface area contributed by atoms with Gasteiger partial charge in [-0.3, -0.25) is 9.78 Å². The summed E-state index contributed by atoms with van der Waals surface area (Å²) in [5.41, 5.74) is 2.17. The number of benzene rings is 2. The molecule has 1 aliphatic rings. The van der Waals surface area contributed by atoms with Crippen molar-refractivity contribution in [3.8, 4) is 11.3 Å². The molecule has 0 bridgehead atoms. The fraction of sp³-hybridized carbons (Fsp3) is 0.185. The van der Waals surface area contributed by atoms with Crippen molar-refractivity contribution in [1.82, 2.24) is 19.9 Å². The van der Waals surface area contributed by atoms with Crippen LogP contribution in [0.3, 0.4) is 0 Å². The molecule has 2 aromatic carbocycles. The van der Waals surface area contributed by atoms with Crippen LogP contribution in [0.1, 0.15) is 0 Å². The van der Waals surface area contributed by atoms with Crippen molar-refractivity contribution in [2.75, 3.05) is 48.8 Å². The van der Waals surface area contributed by atoms with E-state index in [1.54, 1.807) is 24.3 Å². The largest absolute Gasteiger partial charge is 0.369 e. The maximum Gasteiger partial charge on any atom is 0.247 e. The number of amides is 1. The quantitative estimate of drug-likeness (QED) is 0.374. The van der Waals surface area contributed by atoms with Gasteiger partial charge in [0.1, 0.15) is 11.6 Å². The summed E-state index contributed by atoms with van der Waals surface area (Å²) in [5, 5.41) is 6.13. The van der Waals surface area contributed by atoms with Crippen LogP contribution in [0, 0.1) is 11.6 Å². The van der Waals surface area contributed by atoms with Gasteiger partial charge in [0, 0.05) is 55.3 Å². The molecule has 0 radical (unpaired) electrons. The molecule has 10 heteroatoms. The first-order valence-corrected chi connectivity index (χ1v) is 11.8. The summed E-state index contributed by atoms with van der Waals surface area (Å²) in [4.78, 5) is 29.1. The van der Waals surface area contributed by atoms with Gasteiger partial charge in [-0.2, -0.15) is 0 Å². The maximum atomic E-state index is 15.0. The number of aromatic nitrogens is 3. The summed E-state index contributed by atoms with van der Waals surface area (Å²) in [7, 11) is 2.07. The molecule has 37 heavy (non-hydrogen) atoms. The van der Waals surface area contributed by atoms with Crippen molar-refractivity contribution < 1.29 is 13.6 Å². The van der Waals surface area contributed by atoms with Crippen LogP contribution in [0.4, 0.5) is 31.8 Å². The molecule has 2 aromatic heterocycles. The predicted molar refractivity (Wildman–Crippen MR) is 141 cm³/mol. The number of carbonyl (C=O) groups excluding carboxylic acids is 1. The summed E-state index contributed by atoms with van der Waals surface area (Å²) in [6.45, 7) is 6.93. The van der Waals surface area contributed by atoms with Gasteiger partial charge in [-0.05, 0) is 55.6 Å². The Morgan fingerprint density at radius 1 is 1.03 bits per heavy atom. The van der Waals surface area contributed by atoms with Gasteiger partial charge in [0.15, 0.2) is 0 Å². The van der Waals surface area contributed by atoms with Gasteiger partial charge < -0.3 is 20.4 Å². The van der Waals surface area contributed by atoms with Gasteiger partial charge in [-0.25, -0.2) is 18.7 Å². The third kappa shape index (κ3) is 5.24. The highest BCUT2D eigenvalue weighted by atomic mass is 19.1. The lowest BCUT2D eigenvalue weighted by Crippen LogP contribution is -2.44. The zero-order chi connectivity index (χ0) is 25.9. The Hall–Kier alpha value is -4.44. The summed E-state index contributed by atoms with van der Waals surface area (Å²) in [6, 6.07) is 11.0. The zero-order valence-electron chi connectivity index (χ0n) is 20.2. The number of hydrogen-bond donors (Lipinski definition) is 2. The number of pyridine rings is 1. The summed E-state index contributed by atoms with van der Waals surface area (Å²) < 4.78 is 30.0. The molecule has 0 spiro atoms. The second-order valence-corrected chi connectivity index (χ2v) is 8.76. The predicted octanol–water partition coefficient (Wildman–Crippen LogP) is 4.59. The number of carbonyl (C=O) groups is 1. The number of hydrogen-bond acceptors (Lipinski definition) is 7. The SMILES string of the molecule is C=CC(=O)Nc1ccnc(-c2c(F)ccc3cnc(Nc4ccc(N5CCN(C)CC5)cc4F)nc23)c1. The van der Waals surface area contributed by atoms with Gasteiger partial charge in [0.25, 0.3) is 0 Å². The van der Waals surface area contributed by atoms with Crippen LogP contribution in [0.25, 0.3) is 22.2 Å². The molecular weight excluding hydrogens is 476 g/mol. The van der Waals surface area contributed by atoms with E-state index in [0.29, 0.717) is 16.6 Å². The van der Waals surface area contributed by atoms with Crippen molar-refractivity contribution in [1.29, 1.82) is 0 Å². The fourth-order valence-corrected chi connectivity index (χ4v) is 4.20. The lowest BCUT2D eigenvalue weighted by atomic mass is 10.1. The minimum atomic E-state index is -0.542. The smallest absolute Gasteiger partial charge is 0.247 e. The topological polar surface area (TPSA) is 86.3 Å². The Morgan fingerprint density at radius 2 is 1.84 bits per heavy atom. The molecule has 4 aromatic rings. The summed E-state index contributed by atoms with van der Waals surface area (Å²) in [5.74, 6) is -1.27. The average Bonchev–Trinajstić information content (AvgIpc) is 2.90. The monoisotopic (exact) mass is 501 g/mol. The van der Waals surface area contributed by atoms with Gasteiger partial charge in [-0.1, -0.05) is 6.58 Å². The average molecular weight is 502 g/mol. The Labute approximate surface area is 212 Å². The number of piperazine rings is 1. The molecule has 5 rings (SSSR count). The Morgan fingerprint density at radius 3 is 2.59 bits per heavy atom. The highest BCUT2D eigenvalue weighted by Crippen LogP contribution is 2.31. The van der Waals surface area contributed by atoms with Gasteiger partial charge in [0.2, 0.25) is 11.9 Å². The number of fused-ring (bicyclic) bond motifs is 1. The third-order valence-electron chi connectivity index (χ3n) is 6.24. The van der Waals surface area contributed by atoms with E-state index in [-0.39, 0.29) is 22.9 Å². The first-order valence-electron chi connectivity index (χ1n) is 11.8. The van der Waals surface area contributed by atoms with Crippen LogP contribution in [-0.2, 0) is 4.79 Å². The first kappa shape index (κ1) is 24.3. The van der Waals surface area contributed by atoms with Crippen LogP contribution >= 0.6 is 0 Å². The van der Waals surface area contributed by atoms with E-state index < -0.39 is 17.5 Å². The highest BCUT2D eigenvalue weighted by molar-refractivity contribution is 6.00. The number of anilines is 4. The van der Waals surface area contributed by atoms with Crippen LogP contribution in [0.5, 0.6) is 0 Å². The van der Waals surface area contributed by atoms with Crippen LogP contribution in [0.2, 0.25) is 0 Å². The fourth-order valence-electron chi connectivity index (χ4n) is 4.20. The molecule has 1 amide bonds. The number of nitrogens with zero attached hydrogens (tertiary/aromatic N) is 5. The molecule has 2 N–H and O–H groups in total. The molecular formula is C27H25F2N7O. The van der Waals surface area contributed by atoms with Crippen molar-refractivity contribution in [2.24, 2.45) is 0 Å². The van der Waals surface area contributed by atoms with Crippen molar-refractivity contribution >= 4 is 39.8 Å². The van der Waals surface area contributed by atoms with E-state index in [1.807, 2.05) is 6.07 Å². The van der Waals surface area contributed by atoms with Crippen molar-refractivity contribution in [3.05, 3.63) is 79.1 Å². The van der Waals surface area contributed by atoms with Gasteiger partial charge in [0.05, 0.1) is 22.5 Å². The zero-order valence-corrected chi connectivity index (χ0v) is 20.2. The molecule has 1 saturated heterocycles. The molecule has 0 aliphatic carbocycles. The van der Waals surface area contributed by atoms with E-state index >= 15 is 8.78 Å². The maximum absolute atomic E-state index is 15.0. The molecule has 8 nitrogen and oxygen atoms in total. The van der Waals surface area contributed by atoms with E-state index in [4.69, 9.17) is 0 Å². The molecule has 1 fully saturated rings. The molecule has 3 heterocycles. The van der Waals surface area contributed by atoms with Crippen LogP contribution in [-0.4, -0.2) is 59.0 Å². The van der Waals surface area contributed by atoms with Crippen molar-refractivity contribution in [3.63, 3.8) is 0 Å². The van der Waals surface area contributed by atoms with E-state index in [9.17, 15) is 4.79 Å². The molecule has 0 atom stereocenters. The van der Waals surface area contributed by atoms with Crippen LogP contribution in [0.15, 0.2) is 67.5 Å². The number of nitrogens with one attached hydrogen (secondary N) is 2. The number of likely N-dealkylation sites (N-methyl/N-ethyl adjacent to an activating group) is 1. The molecule has 1 aliphatic heterocycles. The minimum Gasteiger partial charge on any atom is -0.369 e. The van der Waals surface area contributed by atoms with E-state index in [1.165, 1.54) is 24.5 Å². The highest BCUT2D eigenvalue weighted by Gasteiger charge is 2.18. The number of halogens is 2. The second kappa shape index (κ2) is 10.3. The Balaban J connectivity index is 1.46. The lowest BCUT2D eigenvalue weighted by molar-refractivity contribution is -0.111. The normalized spacial score (nSPS) is 14.0. The molecule has 0 unspecified atom stereocenters. The Bertz CT molecular complexity index is 1490. The van der Waals surface area contributed by atoms with E-state index in [2.05, 4.69) is 49.0 Å². The summed E-state index contributed by atoms with van der Waals surface area (Å²) in [6.07, 6.45) is 4.14. The van der Waals surface area contributed by atoms with Gasteiger partial charge in [-0.15, -0.1) is 0 Å². The van der Waals surface area contributed by atoms with Crippen LogP contribution < -0.4 is 15.5 Å². The minimum absolute atomic E-state index is 0.113. The van der Waals surface area contributed by atoms with E-state index in [0.717, 1.165) is 37.9 Å². The first-order chi connectivity index (χ1) is 17.9. The molecule has 188 valence electrons. The second-order valence-electron chi connectivity index (χ2n) is 8.76. The Kier molecular flexibility index (Phi) is 6.74. The lowest BCUT2D eigenvalue weighted by Gasteiger charge is -2.34. The number of rotatable bonds is 6. The third-order valence-corrected chi connectivity index (χ3v) is 6.24.